The Bertz CT molecular complexity index is 467. The molecule has 0 aliphatic carbocycles. The third-order valence-electron chi connectivity index (χ3n) is 2.18. The molecule has 0 unspecified atom stereocenters. The molecule has 19 heavy (non-hydrogen) atoms. The largest absolute Gasteiger partial charge is 0.496 e. The van der Waals surface area contributed by atoms with Gasteiger partial charge < -0.3 is 15.2 Å². The number of thioether (sulfide) groups is 1. The number of aliphatic carboxylic acids is 1. The average Bonchev–Trinajstić information content (AvgIpc) is 2.36. The first-order valence-corrected chi connectivity index (χ1v) is 7.36. The highest BCUT2D eigenvalue weighted by Gasteiger charge is 2.07. The number of amides is 1. The van der Waals surface area contributed by atoms with Crippen LogP contribution in [0.25, 0.3) is 0 Å². The van der Waals surface area contributed by atoms with Gasteiger partial charge in [0.15, 0.2) is 0 Å². The molecule has 7 heteroatoms. The fourth-order valence-electron chi connectivity index (χ4n) is 1.36. The van der Waals surface area contributed by atoms with Gasteiger partial charge >= 0.3 is 5.97 Å². The van der Waals surface area contributed by atoms with Crippen LogP contribution in [0.3, 0.4) is 0 Å². The number of benzene rings is 1. The third-order valence-corrected chi connectivity index (χ3v) is 3.59. The van der Waals surface area contributed by atoms with Crippen LogP contribution in [-0.4, -0.2) is 35.6 Å². The molecule has 1 amide bonds. The van der Waals surface area contributed by atoms with E-state index in [1.54, 1.807) is 7.11 Å². The molecule has 0 radical (unpaired) electrons. The number of ether oxygens (including phenoxy) is 1. The average molecular weight is 348 g/mol. The highest BCUT2D eigenvalue weighted by Crippen LogP contribution is 2.22. The first-order valence-electron chi connectivity index (χ1n) is 5.41. The van der Waals surface area contributed by atoms with Crippen molar-refractivity contribution >= 4 is 39.6 Å². The normalized spacial score (nSPS) is 10.0. The zero-order valence-corrected chi connectivity index (χ0v) is 12.7. The van der Waals surface area contributed by atoms with Gasteiger partial charge in [0.2, 0.25) is 5.91 Å². The summed E-state index contributed by atoms with van der Waals surface area (Å²) in [6.07, 6.45) is 0. The van der Waals surface area contributed by atoms with Gasteiger partial charge in [-0.3, -0.25) is 9.59 Å². The molecular weight excluding hydrogens is 334 g/mol. The van der Waals surface area contributed by atoms with E-state index < -0.39 is 5.97 Å². The Hall–Kier alpha value is -1.21. The van der Waals surface area contributed by atoms with Crippen molar-refractivity contribution in [1.82, 2.24) is 5.32 Å². The number of halogens is 1. The van der Waals surface area contributed by atoms with E-state index in [0.717, 1.165) is 21.8 Å². The van der Waals surface area contributed by atoms with E-state index in [4.69, 9.17) is 9.84 Å². The van der Waals surface area contributed by atoms with Gasteiger partial charge in [0.1, 0.15) is 5.75 Å². The number of rotatable bonds is 7. The van der Waals surface area contributed by atoms with Crippen molar-refractivity contribution in [3.63, 3.8) is 0 Å². The summed E-state index contributed by atoms with van der Waals surface area (Å²) < 4.78 is 6.09. The van der Waals surface area contributed by atoms with Crippen LogP contribution in [0.4, 0.5) is 0 Å². The Morgan fingerprint density at radius 3 is 2.79 bits per heavy atom. The van der Waals surface area contributed by atoms with Crippen LogP contribution in [0.1, 0.15) is 5.56 Å². The van der Waals surface area contributed by atoms with Crippen LogP contribution < -0.4 is 10.1 Å². The summed E-state index contributed by atoms with van der Waals surface area (Å²) in [4.78, 5) is 21.8. The molecule has 0 saturated carbocycles. The Morgan fingerprint density at radius 2 is 2.16 bits per heavy atom. The maximum absolute atomic E-state index is 11.5. The molecule has 0 spiro atoms. The molecule has 0 bridgehead atoms. The lowest BCUT2D eigenvalue weighted by Gasteiger charge is -2.10. The van der Waals surface area contributed by atoms with Crippen LogP contribution in [0.5, 0.6) is 5.75 Å². The van der Waals surface area contributed by atoms with E-state index in [-0.39, 0.29) is 17.4 Å². The van der Waals surface area contributed by atoms with E-state index in [0.29, 0.717) is 12.3 Å². The van der Waals surface area contributed by atoms with Gasteiger partial charge in [-0.05, 0) is 18.2 Å². The molecule has 0 atom stereocenters. The van der Waals surface area contributed by atoms with Crippen molar-refractivity contribution in [2.75, 3.05) is 18.6 Å². The molecule has 0 saturated heterocycles. The second kappa shape index (κ2) is 8.06. The molecule has 0 fully saturated rings. The van der Waals surface area contributed by atoms with Crippen molar-refractivity contribution in [2.24, 2.45) is 0 Å². The Kier molecular flexibility index (Phi) is 6.72. The molecule has 0 aromatic heterocycles. The minimum atomic E-state index is -0.925. The first kappa shape index (κ1) is 15.8. The summed E-state index contributed by atoms with van der Waals surface area (Å²) in [5, 5.41) is 11.2. The van der Waals surface area contributed by atoms with Gasteiger partial charge in [0, 0.05) is 16.6 Å². The Morgan fingerprint density at radius 1 is 1.42 bits per heavy atom. The molecule has 5 nitrogen and oxygen atoms in total. The Labute approximate surface area is 123 Å². The van der Waals surface area contributed by atoms with Crippen molar-refractivity contribution in [2.45, 2.75) is 6.54 Å². The summed E-state index contributed by atoms with van der Waals surface area (Å²) >= 11 is 4.42. The molecule has 1 rings (SSSR count). The molecule has 0 heterocycles. The summed E-state index contributed by atoms with van der Waals surface area (Å²) in [5.74, 6) is -0.377. The number of hydrogen-bond donors (Lipinski definition) is 2. The van der Waals surface area contributed by atoms with Crippen LogP contribution in [0.15, 0.2) is 22.7 Å². The van der Waals surface area contributed by atoms with E-state index in [2.05, 4.69) is 21.2 Å². The van der Waals surface area contributed by atoms with E-state index in [1.165, 1.54) is 0 Å². The van der Waals surface area contributed by atoms with Crippen molar-refractivity contribution < 1.29 is 19.4 Å². The smallest absolute Gasteiger partial charge is 0.313 e. The SMILES string of the molecule is COc1ccc(Br)cc1CNC(=O)CSCC(=O)O. The molecule has 1 aromatic rings. The quantitative estimate of drug-likeness (QED) is 0.787. The van der Waals surface area contributed by atoms with Gasteiger partial charge in [0.25, 0.3) is 0 Å². The lowest BCUT2D eigenvalue weighted by atomic mass is 10.2. The predicted octanol–water partition coefficient (Wildman–Crippen LogP) is 1.89. The van der Waals surface area contributed by atoms with E-state index in [9.17, 15) is 9.59 Å². The molecule has 0 aliphatic rings. The standard InChI is InChI=1S/C12H14BrNO4S/c1-18-10-3-2-9(13)4-8(10)5-14-11(15)6-19-7-12(16)17/h2-4H,5-7H2,1H3,(H,14,15)(H,16,17). The fourth-order valence-corrected chi connectivity index (χ4v) is 2.33. The van der Waals surface area contributed by atoms with Gasteiger partial charge in [-0.1, -0.05) is 15.9 Å². The topological polar surface area (TPSA) is 75.6 Å². The minimum absolute atomic E-state index is 0.0758. The summed E-state index contributed by atoms with van der Waals surface area (Å²) in [7, 11) is 1.57. The monoisotopic (exact) mass is 347 g/mol. The summed E-state index contributed by atoms with van der Waals surface area (Å²) in [6, 6.07) is 5.53. The summed E-state index contributed by atoms with van der Waals surface area (Å²) in [6.45, 7) is 0.342. The lowest BCUT2D eigenvalue weighted by Crippen LogP contribution is -2.25. The molecule has 2 N–H and O–H groups in total. The van der Waals surface area contributed by atoms with Crippen molar-refractivity contribution in [1.29, 1.82) is 0 Å². The van der Waals surface area contributed by atoms with Crippen molar-refractivity contribution in [3.05, 3.63) is 28.2 Å². The Balaban J connectivity index is 2.45. The highest BCUT2D eigenvalue weighted by molar-refractivity contribution is 9.10. The van der Waals surface area contributed by atoms with Gasteiger partial charge in [-0.2, -0.15) is 0 Å². The van der Waals surface area contributed by atoms with Crippen LogP contribution in [-0.2, 0) is 16.1 Å². The molecular formula is C12H14BrNO4S. The summed E-state index contributed by atoms with van der Waals surface area (Å²) in [5.41, 5.74) is 0.855. The molecule has 104 valence electrons. The second-order valence-corrected chi connectivity index (χ2v) is 5.52. The predicted molar refractivity (Wildman–Crippen MR) is 77.5 cm³/mol. The van der Waals surface area contributed by atoms with Gasteiger partial charge in [-0.25, -0.2) is 0 Å². The number of hydrogen-bond acceptors (Lipinski definition) is 4. The zero-order chi connectivity index (χ0) is 14.3. The number of methoxy groups -OCH3 is 1. The van der Waals surface area contributed by atoms with E-state index >= 15 is 0 Å². The van der Waals surface area contributed by atoms with Crippen LogP contribution in [0.2, 0.25) is 0 Å². The number of carboxylic acid groups (broad SMARTS) is 1. The van der Waals surface area contributed by atoms with Crippen molar-refractivity contribution in [3.8, 4) is 5.75 Å². The first-order chi connectivity index (χ1) is 9.02. The third kappa shape index (κ3) is 5.98. The number of carbonyl (C=O) groups is 2. The molecule has 0 aliphatic heterocycles. The van der Waals surface area contributed by atoms with Crippen LogP contribution >= 0.6 is 27.7 Å². The molecule has 1 aromatic carbocycles. The zero-order valence-electron chi connectivity index (χ0n) is 10.3. The van der Waals surface area contributed by atoms with Gasteiger partial charge in [-0.15, -0.1) is 11.8 Å². The fraction of sp³-hybridized carbons (Fsp3) is 0.333. The lowest BCUT2D eigenvalue weighted by molar-refractivity contribution is -0.133. The maximum atomic E-state index is 11.5. The number of carboxylic acids is 1. The maximum Gasteiger partial charge on any atom is 0.313 e. The van der Waals surface area contributed by atoms with Crippen LogP contribution in [0, 0.1) is 0 Å². The minimum Gasteiger partial charge on any atom is -0.496 e. The van der Waals surface area contributed by atoms with E-state index in [1.807, 2.05) is 18.2 Å². The number of nitrogens with one attached hydrogen (secondary N) is 1. The second-order valence-electron chi connectivity index (χ2n) is 3.62. The highest BCUT2D eigenvalue weighted by atomic mass is 79.9. The van der Waals surface area contributed by atoms with Gasteiger partial charge in [0.05, 0.1) is 18.6 Å². The number of carbonyl (C=O) groups excluding carboxylic acids is 1.